The van der Waals surface area contributed by atoms with Crippen LogP contribution >= 0.6 is 0 Å². The predicted octanol–water partition coefficient (Wildman–Crippen LogP) is 2.09. The minimum Gasteiger partial charge on any atom is -0.481 e. The molecule has 0 aliphatic carbocycles. The molecule has 0 rings (SSSR count). The van der Waals surface area contributed by atoms with Crippen LogP contribution in [-0.2, 0) is 19.1 Å². The summed E-state index contributed by atoms with van der Waals surface area (Å²) in [5.74, 6) is -1.72. The van der Waals surface area contributed by atoms with Crippen LogP contribution in [0.1, 0.15) is 53.4 Å². The van der Waals surface area contributed by atoms with Gasteiger partial charge < -0.3 is 19.9 Å². The third-order valence-corrected chi connectivity index (χ3v) is 2.36. The number of hydrogen-bond acceptors (Lipinski definition) is 5. The first kappa shape index (κ1) is 19.2. The van der Waals surface area contributed by atoms with Crippen molar-refractivity contribution in [2.45, 2.75) is 65.0 Å². The Labute approximate surface area is 125 Å². The summed E-state index contributed by atoms with van der Waals surface area (Å²) >= 11 is 0. The standard InChI is InChI=1S/C14H25NO6/c1-5-6-9-20-13(19)15-10(7-8-11(16)17)12(18)21-14(2,3)4/h10H,5-9H2,1-4H3,(H,15,19)(H,16,17)/t10-/m0/s1. The molecule has 0 spiro atoms. The Kier molecular flexibility index (Phi) is 8.42. The monoisotopic (exact) mass is 303 g/mol. The van der Waals surface area contributed by atoms with E-state index in [4.69, 9.17) is 14.6 Å². The first-order valence-corrected chi connectivity index (χ1v) is 7.03. The number of rotatable bonds is 8. The van der Waals surface area contributed by atoms with Crippen LogP contribution in [-0.4, -0.2) is 41.4 Å². The number of esters is 1. The summed E-state index contributed by atoms with van der Waals surface area (Å²) in [6.07, 6.45) is 0.554. The molecule has 0 saturated carbocycles. The molecule has 0 aromatic rings. The quantitative estimate of drug-likeness (QED) is 0.526. The molecule has 2 N–H and O–H groups in total. The molecule has 0 saturated heterocycles. The Balaban J connectivity index is 4.54. The normalized spacial score (nSPS) is 12.4. The van der Waals surface area contributed by atoms with Crippen molar-refractivity contribution in [3.63, 3.8) is 0 Å². The number of carboxylic acid groups (broad SMARTS) is 1. The van der Waals surface area contributed by atoms with Crippen LogP contribution in [0.4, 0.5) is 4.79 Å². The van der Waals surface area contributed by atoms with Gasteiger partial charge in [0.1, 0.15) is 11.6 Å². The topological polar surface area (TPSA) is 102 Å². The van der Waals surface area contributed by atoms with Crippen molar-refractivity contribution < 1.29 is 29.0 Å². The maximum Gasteiger partial charge on any atom is 0.407 e. The molecule has 7 nitrogen and oxygen atoms in total. The van der Waals surface area contributed by atoms with Crippen molar-refractivity contribution in [3.8, 4) is 0 Å². The zero-order valence-electron chi connectivity index (χ0n) is 13.1. The van der Waals surface area contributed by atoms with Gasteiger partial charge in [0.2, 0.25) is 0 Å². The van der Waals surface area contributed by atoms with Gasteiger partial charge in [0.25, 0.3) is 0 Å². The van der Waals surface area contributed by atoms with E-state index >= 15 is 0 Å². The Morgan fingerprint density at radius 1 is 1.24 bits per heavy atom. The van der Waals surface area contributed by atoms with Crippen LogP contribution in [0.3, 0.4) is 0 Å². The lowest BCUT2D eigenvalue weighted by Gasteiger charge is -2.24. The van der Waals surface area contributed by atoms with E-state index in [2.05, 4.69) is 5.32 Å². The fraction of sp³-hybridized carbons (Fsp3) is 0.786. The minimum absolute atomic E-state index is 0.0485. The Morgan fingerprint density at radius 2 is 1.86 bits per heavy atom. The second-order valence-electron chi connectivity index (χ2n) is 5.65. The van der Waals surface area contributed by atoms with E-state index in [-0.39, 0.29) is 19.4 Å². The van der Waals surface area contributed by atoms with Gasteiger partial charge in [-0.05, 0) is 33.6 Å². The lowest BCUT2D eigenvalue weighted by Crippen LogP contribution is -2.44. The molecule has 7 heteroatoms. The van der Waals surface area contributed by atoms with E-state index in [1.807, 2.05) is 6.92 Å². The summed E-state index contributed by atoms with van der Waals surface area (Å²) in [6, 6.07) is -1.03. The predicted molar refractivity (Wildman–Crippen MR) is 75.9 cm³/mol. The lowest BCUT2D eigenvalue weighted by molar-refractivity contribution is -0.157. The molecule has 0 aromatic heterocycles. The van der Waals surface area contributed by atoms with Gasteiger partial charge in [0, 0.05) is 6.42 Å². The number of hydrogen-bond donors (Lipinski definition) is 2. The maximum atomic E-state index is 12.0. The fourth-order valence-electron chi connectivity index (χ4n) is 1.38. The molecule has 0 fully saturated rings. The smallest absolute Gasteiger partial charge is 0.407 e. The zero-order valence-corrected chi connectivity index (χ0v) is 13.1. The van der Waals surface area contributed by atoms with E-state index < -0.39 is 29.7 Å². The Bertz CT molecular complexity index is 361. The van der Waals surface area contributed by atoms with E-state index in [1.165, 1.54) is 0 Å². The van der Waals surface area contributed by atoms with E-state index in [0.717, 1.165) is 12.8 Å². The highest BCUT2D eigenvalue weighted by atomic mass is 16.6. The number of unbranched alkanes of at least 4 members (excludes halogenated alkanes) is 1. The van der Waals surface area contributed by atoms with Gasteiger partial charge in [-0.3, -0.25) is 4.79 Å². The molecule has 0 heterocycles. The summed E-state index contributed by atoms with van der Waals surface area (Å²) < 4.78 is 10.1. The molecule has 0 aliphatic rings. The van der Waals surface area contributed by atoms with Crippen LogP contribution in [0, 0.1) is 0 Å². The number of carboxylic acids is 1. The minimum atomic E-state index is -1.05. The van der Waals surface area contributed by atoms with Crippen molar-refractivity contribution in [2.75, 3.05) is 6.61 Å². The van der Waals surface area contributed by atoms with Crippen LogP contribution < -0.4 is 5.32 Å². The number of carbonyl (C=O) groups is 3. The molecule has 1 amide bonds. The Hall–Kier alpha value is -1.79. The van der Waals surface area contributed by atoms with Crippen molar-refractivity contribution in [2.24, 2.45) is 0 Å². The van der Waals surface area contributed by atoms with Crippen molar-refractivity contribution in [3.05, 3.63) is 0 Å². The number of amides is 1. The zero-order chi connectivity index (χ0) is 16.5. The molecule has 122 valence electrons. The van der Waals surface area contributed by atoms with Gasteiger partial charge in [-0.15, -0.1) is 0 Å². The highest BCUT2D eigenvalue weighted by molar-refractivity contribution is 5.82. The van der Waals surface area contributed by atoms with Gasteiger partial charge in [-0.2, -0.15) is 0 Å². The third kappa shape index (κ3) is 10.6. The van der Waals surface area contributed by atoms with Gasteiger partial charge in [-0.25, -0.2) is 9.59 Å². The number of ether oxygens (including phenoxy) is 2. The van der Waals surface area contributed by atoms with Crippen molar-refractivity contribution in [1.82, 2.24) is 5.32 Å². The average molecular weight is 303 g/mol. The summed E-state index contributed by atoms with van der Waals surface area (Å²) in [6.45, 7) is 7.29. The third-order valence-electron chi connectivity index (χ3n) is 2.36. The average Bonchev–Trinajstić information content (AvgIpc) is 2.32. The molecular weight excluding hydrogens is 278 g/mol. The summed E-state index contributed by atoms with van der Waals surface area (Å²) in [7, 11) is 0. The van der Waals surface area contributed by atoms with E-state index in [0.29, 0.717) is 0 Å². The van der Waals surface area contributed by atoms with Crippen molar-refractivity contribution >= 4 is 18.0 Å². The molecule has 21 heavy (non-hydrogen) atoms. The summed E-state index contributed by atoms with van der Waals surface area (Å²) in [4.78, 5) is 34.1. The summed E-state index contributed by atoms with van der Waals surface area (Å²) in [5.41, 5.74) is -0.716. The molecule has 0 aliphatic heterocycles. The van der Waals surface area contributed by atoms with Gasteiger partial charge in [0.15, 0.2) is 0 Å². The van der Waals surface area contributed by atoms with Crippen LogP contribution in [0.5, 0.6) is 0 Å². The highest BCUT2D eigenvalue weighted by Crippen LogP contribution is 2.11. The van der Waals surface area contributed by atoms with E-state index in [1.54, 1.807) is 20.8 Å². The van der Waals surface area contributed by atoms with Gasteiger partial charge in [-0.1, -0.05) is 13.3 Å². The van der Waals surface area contributed by atoms with Crippen LogP contribution in [0.2, 0.25) is 0 Å². The first-order valence-electron chi connectivity index (χ1n) is 7.03. The number of alkyl carbamates (subject to hydrolysis) is 1. The van der Waals surface area contributed by atoms with Crippen molar-refractivity contribution in [1.29, 1.82) is 0 Å². The molecule has 0 radical (unpaired) electrons. The summed E-state index contributed by atoms with van der Waals surface area (Å²) in [5, 5.41) is 11.0. The lowest BCUT2D eigenvalue weighted by atomic mass is 10.1. The molecule has 0 bridgehead atoms. The SMILES string of the molecule is CCCCOC(=O)N[C@@H](CCC(=O)O)C(=O)OC(C)(C)C. The molecule has 0 unspecified atom stereocenters. The van der Waals surface area contributed by atoms with Crippen LogP contribution in [0.25, 0.3) is 0 Å². The largest absolute Gasteiger partial charge is 0.481 e. The number of carbonyl (C=O) groups excluding carboxylic acids is 2. The van der Waals surface area contributed by atoms with Crippen LogP contribution in [0.15, 0.2) is 0 Å². The number of aliphatic carboxylic acids is 1. The second kappa shape index (κ2) is 9.20. The van der Waals surface area contributed by atoms with Gasteiger partial charge >= 0.3 is 18.0 Å². The maximum absolute atomic E-state index is 12.0. The molecule has 0 aromatic carbocycles. The van der Waals surface area contributed by atoms with E-state index in [9.17, 15) is 14.4 Å². The highest BCUT2D eigenvalue weighted by Gasteiger charge is 2.27. The Morgan fingerprint density at radius 3 is 2.33 bits per heavy atom. The molecule has 1 atom stereocenters. The fourth-order valence-corrected chi connectivity index (χ4v) is 1.38. The second-order valence-corrected chi connectivity index (χ2v) is 5.65. The molecular formula is C14H25NO6. The van der Waals surface area contributed by atoms with Gasteiger partial charge in [0.05, 0.1) is 6.61 Å². The first-order chi connectivity index (χ1) is 9.65. The number of nitrogens with one attached hydrogen (secondary N) is 1.